The number of benzene rings is 2. The fourth-order valence-electron chi connectivity index (χ4n) is 3.58. The normalized spacial score (nSPS) is 19.4. The number of nitrogens with zero attached hydrogens (tertiary/aromatic N) is 1. The number of rotatable bonds is 6. The summed E-state index contributed by atoms with van der Waals surface area (Å²) < 4.78 is 18.3. The third-order valence-electron chi connectivity index (χ3n) is 5.12. The van der Waals surface area contributed by atoms with Gasteiger partial charge in [0, 0.05) is 24.7 Å². The van der Waals surface area contributed by atoms with Gasteiger partial charge in [-0.05, 0) is 42.2 Å². The summed E-state index contributed by atoms with van der Waals surface area (Å²) in [5.41, 5.74) is 2.63. The second-order valence-electron chi connectivity index (χ2n) is 7.05. The molecule has 1 heterocycles. The number of likely N-dealkylation sites (tertiary alicyclic amines) is 1. The molecule has 1 aliphatic rings. The lowest BCUT2D eigenvalue weighted by atomic mass is 10.1. The van der Waals surface area contributed by atoms with Gasteiger partial charge in [0.25, 0.3) is 5.91 Å². The zero-order valence-electron chi connectivity index (χ0n) is 16.2. The Morgan fingerprint density at radius 3 is 2.54 bits per heavy atom. The van der Waals surface area contributed by atoms with Crippen LogP contribution in [0.3, 0.4) is 0 Å². The van der Waals surface area contributed by atoms with Crippen LogP contribution in [0, 0.1) is 5.82 Å². The molecule has 0 radical (unpaired) electrons. The number of carbonyl (C=O) groups excluding carboxylic acids is 2. The van der Waals surface area contributed by atoms with E-state index in [9.17, 15) is 14.0 Å². The van der Waals surface area contributed by atoms with Crippen molar-refractivity contribution < 1.29 is 18.7 Å². The molecule has 28 heavy (non-hydrogen) atoms. The second kappa shape index (κ2) is 8.97. The second-order valence-corrected chi connectivity index (χ2v) is 7.05. The molecule has 1 saturated heterocycles. The van der Waals surface area contributed by atoms with Gasteiger partial charge in [0.05, 0.1) is 7.11 Å². The summed E-state index contributed by atoms with van der Waals surface area (Å²) in [6.07, 6.45) is 1.43. The summed E-state index contributed by atoms with van der Waals surface area (Å²) in [5.74, 6) is -1.11. The van der Waals surface area contributed by atoms with E-state index in [0.717, 1.165) is 12.0 Å². The monoisotopic (exact) mass is 384 g/mol. The Kier molecular flexibility index (Phi) is 6.41. The van der Waals surface area contributed by atoms with Crippen LogP contribution in [-0.4, -0.2) is 42.5 Å². The highest BCUT2D eigenvalue weighted by atomic mass is 19.1. The fourth-order valence-corrected chi connectivity index (χ4v) is 3.58. The topological polar surface area (TPSA) is 58.6 Å². The first-order valence-corrected chi connectivity index (χ1v) is 9.46. The summed E-state index contributed by atoms with van der Waals surface area (Å²) in [4.78, 5) is 26.7. The van der Waals surface area contributed by atoms with Crippen molar-refractivity contribution in [2.24, 2.45) is 0 Å². The average Bonchev–Trinajstić information content (AvgIpc) is 3.10. The van der Waals surface area contributed by atoms with Crippen LogP contribution in [0.4, 0.5) is 4.39 Å². The number of esters is 1. The van der Waals surface area contributed by atoms with Gasteiger partial charge in [0.15, 0.2) is 0 Å². The van der Waals surface area contributed by atoms with Crippen molar-refractivity contribution >= 4 is 11.9 Å². The number of hydrogen-bond acceptors (Lipinski definition) is 4. The predicted octanol–water partition coefficient (Wildman–Crippen LogP) is 2.93. The van der Waals surface area contributed by atoms with Crippen molar-refractivity contribution in [3.05, 3.63) is 71.0 Å². The number of ether oxygens (including phenoxy) is 1. The van der Waals surface area contributed by atoms with Crippen molar-refractivity contribution in [3.8, 4) is 0 Å². The minimum atomic E-state index is -0.455. The van der Waals surface area contributed by atoms with Crippen molar-refractivity contribution in [2.45, 2.75) is 38.4 Å². The minimum absolute atomic E-state index is 0.213. The van der Waals surface area contributed by atoms with E-state index in [-0.39, 0.29) is 23.5 Å². The summed E-state index contributed by atoms with van der Waals surface area (Å²) in [6, 6.07) is 13.2. The van der Waals surface area contributed by atoms with Gasteiger partial charge in [-0.15, -0.1) is 0 Å². The summed E-state index contributed by atoms with van der Waals surface area (Å²) >= 11 is 0. The first-order chi connectivity index (χ1) is 13.5. The van der Waals surface area contributed by atoms with Gasteiger partial charge in [0.1, 0.15) is 11.9 Å². The third kappa shape index (κ3) is 4.75. The van der Waals surface area contributed by atoms with Crippen molar-refractivity contribution in [2.75, 3.05) is 13.7 Å². The van der Waals surface area contributed by atoms with Crippen molar-refractivity contribution in [1.29, 1.82) is 0 Å². The summed E-state index contributed by atoms with van der Waals surface area (Å²) in [5, 5.41) is 2.91. The lowest BCUT2D eigenvalue weighted by molar-refractivity contribution is -0.146. The maximum Gasteiger partial charge on any atom is 0.323 e. The van der Waals surface area contributed by atoms with Crippen LogP contribution in [0.25, 0.3) is 0 Å². The van der Waals surface area contributed by atoms with Crippen LogP contribution < -0.4 is 5.32 Å². The van der Waals surface area contributed by atoms with Crippen LogP contribution in [0.1, 0.15) is 34.8 Å². The van der Waals surface area contributed by atoms with E-state index in [4.69, 9.17) is 4.74 Å². The molecule has 2 atom stereocenters. The molecule has 1 fully saturated rings. The van der Waals surface area contributed by atoms with Crippen LogP contribution in [-0.2, 0) is 22.5 Å². The van der Waals surface area contributed by atoms with E-state index in [1.807, 2.05) is 4.90 Å². The number of methoxy groups -OCH3 is 1. The fraction of sp³-hybridized carbons (Fsp3) is 0.364. The van der Waals surface area contributed by atoms with E-state index in [1.165, 1.54) is 30.9 Å². The number of amides is 1. The van der Waals surface area contributed by atoms with Crippen LogP contribution in [0.15, 0.2) is 48.5 Å². The van der Waals surface area contributed by atoms with Gasteiger partial charge in [-0.2, -0.15) is 0 Å². The molecule has 2 aromatic rings. The third-order valence-corrected chi connectivity index (χ3v) is 5.12. The van der Waals surface area contributed by atoms with Crippen molar-refractivity contribution in [3.63, 3.8) is 0 Å². The van der Waals surface area contributed by atoms with E-state index < -0.39 is 11.9 Å². The molecule has 3 rings (SSSR count). The largest absolute Gasteiger partial charge is 0.468 e. The zero-order chi connectivity index (χ0) is 20.1. The number of nitrogens with one attached hydrogen (secondary N) is 1. The highest BCUT2D eigenvalue weighted by molar-refractivity contribution is 5.94. The van der Waals surface area contributed by atoms with Gasteiger partial charge in [-0.3, -0.25) is 14.5 Å². The first kappa shape index (κ1) is 20.0. The molecule has 1 N–H and O–H groups in total. The van der Waals surface area contributed by atoms with E-state index >= 15 is 0 Å². The molecule has 0 bridgehead atoms. The molecule has 1 amide bonds. The molecule has 2 aromatic carbocycles. The molecule has 0 spiro atoms. The van der Waals surface area contributed by atoms with Gasteiger partial charge in [-0.1, -0.05) is 37.3 Å². The van der Waals surface area contributed by atoms with Gasteiger partial charge >= 0.3 is 5.97 Å². The number of halogens is 1. The predicted molar refractivity (Wildman–Crippen MR) is 104 cm³/mol. The van der Waals surface area contributed by atoms with E-state index in [0.29, 0.717) is 19.5 Å². The molecule has 1 aliphatic heterocycles. The van der Waals surface area contributed by atoms with Gasteiger partial charge in [0.2, 0.25) is 0 Å². The van der Waals surface area contributed by atoms with Gasteiger partial charge < -0.3 is 10.1 Å². The molecule has 148 valence electrons. The smallest absolute Gasteiger partial charge is 0.323 e. The molecular formula is C22H25FN2O3. The highest BCUT2D eigenvalue weighted by Crippen LogP contribution is 2.22. The minimum Gasteiger partial charge on any atom is -0.468 e. The Hall–Kier alpha value is -2.73. The van der Waals surface area contributed by atoms with Crippen LogP contribution in [0.5, 0.6) is 0 Å². The molecule has 5 nitrogen and oxygen atoms in total. The Balaban J connectivity index is 1.69. The number of aryl methyl sites for hydroxylation is 1. The maximum atomic E-state index is 13.4. The first-order valence-electron chi connectivity index (χ1n) is 9.46. The number of carbonyl (C=O) groups is 2. The quantitative estimate of drug-likeness (QED) is 0.778. The molecule has 6 heteroatoms. The Morgan fingerprint density at radius 2 is 1.89 bits per heavy atom. The zero-order valence-corrected chi connectivity index (χ0v) is 16.2. The van der Waals surface area contributed by atoms with E-state index in [1.54, 1.807) is 6.07 Å². The molecule has 0 unspecified atom stereocenters. The highest BCUT2D eigenvalue weighted by Gasteiger charge is 2.38. The Morgan fingerprint density at radius 1 is 1.18 bits per heavy atom. The molecule has 0 aromatic heterocycles. The van der Waals surface area contributed by atoms with E-state index in [2.05, 4.69) is 36.5 Å². The standard InChI is InChI=1S/C22H25FN2O3/c1-3-15-7-9-16(10-8-15)13-25-14-19(12-20(25)22(27)28-2)24-21(26)17-5-4-6-18(23)11-17/h4-11,19-20H,3,12-14H2,1-2H3,(H,24,26)/t19-,20+/m1/s1. The Labute approximate surface area is 164 Å². The molecule has 0 saturated carbocycles. The molecule has 0 aliphatic carbocycles. The lowest BCUT2D eigenvalue weighted by Gasteiger charge is -2.22. The average molecular weight is 384 g/mol. The SMILES string of the molecule is CCc1ccc(CN2C[C@H](NC(=O)c3cccc(F)c3)C[C@H]2C(=O)OC)cc1. The maximum absolute atomic E-state index is 13.4. The molecular weight excluding hydrogens is 359 g/mol. The van der Waals surface area contributed by atoms with Gasteiger partial charge in [-0.25, -0.2) is 4.39 Å². The summed E-state index contributed by atoms with van der Waals surface area (Å²) in [6.45, 7) is 3.22. The Bertz CT molecular complexity index is 838. The lowest BCUT2D eigenvalue weighted by Crippen LogP contribution is -2.37. The summed E-state index contributed by atoms with van der Waals surface area (Å²) in [7, 11) is 1.37. The van der Waals surface area contributed by atoms with Crippen LogP contribution in [0.2, 0.25) is 0 Å². The van der Waals surface area contributed by atoms with Crippen molar-refractivity contribution in [1.82, 2.24) is 10.2 Å². The van der Waals surface area contributed by atoms with Crippen LogP contribution >= 0.6 is 0 Å². The number of hydrogen-bond donors (Lipinski definition) is 1.